The highest BCUT2D eigenvalue weighted by Gasteiger charge is 2.29. The summed E-state index contributed by atoms with van der Waals surface area (Å²) in [5.41, 5.74) is 3.62. The Morgan fingerprint density at radius 2 is 1.90 bits per heavy atom. The van der Waals surface area contributed by atoms with Crippen LogP contribution in [0.4, 0.5) is 0 Å². The number of amidine groups is 1. The number of aliphatic imine (C=N–C) groups is 1. The normalized spacial score (nSPS) is 15.1. The van der Waals surface area contributed by atoms with Crippen LogP contribution in [0.25, 0.3) is 16.6 Å². The Labute approximate surface area is 186 Å². The van der Waals surface area contributed by atoms with Crippen molar-refractivity contribution in [1.29, 1.82) is 0 Å². The molecule has 31 heavy (non-hydrogen) atoms. The second-order valence-corrected chi connectivity index (χ2v) is 8.37. The maximum atomic E-state index is 13.2. The number of hydrogen-bond acceptors (Lipinski definition) is 7. The molecular weight excluding hydrogens is 434 g/mol. The van der Waals surface area contributed by atoms with Crippen LogP contribution in [0.3, 0.4) is 0 Å². The first-order valence-corrected chi connectivity index (χ1v) is 11.6. The van der Waals surface area contributed by atoms with E-state index < -0.39 is 0 Å². The van der Waals surface area contributed by atoms with E-state index in [0.717, 1.165) is 11.8 Å². The van der Waals surface area contributed by atoms with E-state index in [4.69, 9.17) is 0 Å². The molecule has 0 bridgehead atoms. The summed E-state index contributed by atoms with van der Waals surface area (Å²) < 4.78 is 1.50. The van der Waals surface area contributed by atoms with Crippen molar-refractivity contribution in [3.63, 3.8) is 0 Å². The molecule has 1 saturated heterocycles. The van der Waals surface area contributed by atoms with Gasteiger partial charge in [-0.15, -0.1) is 0 Å². The molecule has 8 nitrogen and oxygen atoms in total. The zero-order valence-corrected chi connectivity index (χ0v) is 18.3. The molecule has 1 aliphatic rings. The molecule has 158 valence electrons. The molecular formula is C21H19N5O3S2. The van der Waals surface area contributed by atoms with E-state index >= 15 is 0 Å². The third-order valence-electron chi connectivity index (χ3n) is 4.39. The second-order valence-electron chi connectivity index (χ2n) is 6.49. The van der Waals surface area contributed by atoms with Crippen LogP contribution in [0, 0.1) is 0 Å². The van der Waals surface area contributed by atoms with Crippen LogP contribution in [-0.4, -0.2) is 49.6 Å². The van der Waals surface area contributed by atoms with Crippen molar-refractivity contribution in [2.45, 2.75) is 12.1 Å². The maximum absolute atomic E-state index is 13.2. The van der Waals surface area contributed by atoms with Gasteiger partial charge in [-0.25, -0.2) is 4.98 Å². The summed E-state index contributed by atoms with van der Waals surface area (Å²) in [6.45, 7) is 2.38. The molecule has 1 aliphatic heterocycles. The van der Waals surface area contributed by atoms with Crippen molar-refractivity contribution in [2.75, 3.05) is 18.1 Å². The quantitative estimate of drug-likeness (QED) is 0.455. The molecule has 0 saturated carbocycles. The van der Waals surface area contributed by atoms with Crippen LogP contribution in [0.2, 0.25) is 0 Å². The Morgan fingerprint density at radius 3 is 2.68 bits per heavy atom. The fourth-order valence-electron chi connectivity index (χ4n) is 3.02. The number of fused-ring (bicyclic) bond motifs is 1. The van der Waals surface area contributed by atoms with Gasteiger partial charge in [0.15, 0.2) is 10.3 Å². The van der Waals surface area contributed by atoms with Crippen molar-refractivity contribution in [3.05, 3.63) is 65.0 Å². The molecule has 1 N–H and O–H groups in total. The molecule has 1 fully saturated rings. The average molecular weight is 454 g/mol. The van der Waals surface area contributed by atoms with Crippen molar-refractivity contribution >= 4 is 51.4 Å². The highest BCUT2D eigenvalue weighted by molar-refractivity contribution is 8.15. The number of amides is 2. The predicted octanol–water partition coefficient (Wildman–Crippen LogP) is 2.46. The number of para-hydroxylation sites is 2. The van der Waals surface area contributed by atoms with E-state index in [9.17, 15) is 14.4 Å². The van der Waals surface area contributed by atoms with Crippen LogP contribution in [0.1, 0.15) is 6.92 Å². The van der Waals surface area contributed by atoms with Crippen LogP contribution < -0.4 is 11.0 Å². The Hall–Kier alpha value is -3.11. The lowest BCUT2D eigenvalue weighted by atomic mass is 10.2. The fourth-order valence-corrected chi connectivity index (χ4v) is 4.71. The zero-order chi connectivity index (χ0) is 21.8. The lowest BCUT2D eigenvalue weighted by molar-refractivity contribution is -0.133. The number of nitrogens with one attached hydrogen (secondary N) is 1. The molecule has 0 spiro atoms. The summed E-state index contributed by atoms with van der Waals surface area (Å²) in [5, 5.41) is 2.57. The molecule has 2 aromatic carbocycles. The highest BCUT2D eigenvalue weighted by atomic mass is 32.2. The summed E-state index contributed by atoms with van der Waals surface area (Å²) in [7, 11) is 0. The van der Waals surface area contributed by atoms with Gasteiger partial charge >= 0.3 is 0 Å². The van der Waals surface area contributed by atoms with Crippen LogP contribution in [0.15, 0.2) is 69.5 Å². The number of benzene rings is 2. The smallest absolute Gasteiger partial charge is 0.266 e. The van der Waals surface area contributed by atoms with Gasteiger partial charge in [-0.2, -0.15) is 5.01 Å². The lowest BCUT2D eigenvalue weighted by Gasteiger charge is -2.17. The number of hydrogen-bond donors (Lipinski definition) is 1. The maximum Gasteiger partial charge on any atom is 0.266 e. The third kappa shape index (κ3) is 4.49. The lowest BCUT2D eigenvalue weighted by Crippen LogP contribution is -2.46. The molecule has 0 unspecified atom stereocenters. The van der Waals surface area contributed by atoms with Gasteiger partial charge in [0.25, 0.3) is 11.5 Å². The Balaban J connectivity index is 1.61. The zero-order valence-electron chi connectivity index (χ0n) is 16.6. The molecule has 2 heterocycles. The van der Waals surface area contributed by atoms with Gasteiger partial charge in [0.05, 0.1) is 28.1 Å². The van der Waals surface area contributed by atoms with E-state index in [1.54, 1.807) is 18.2 Å². The fraction of sp³-hybridized carbons (Fsp3) is 0.190. The number of nitrogens with zero attached hydrogens (tertiary/aromatic N) is 4. The summed E-state index contributed by atoms with van der Waals surface area (Å²) in [4.78, 5) is 46.6. The van der Waals surface area contributed by atoms with Gasteiger partial charge in [0, 0.05) is 6.54 Å². The van der Waals surface area contributed by atoms with Gasteiger partial charge in [0.1, 0.15) is 0 Å². The van der Waals surface area contributed by atoms with Gasteiger partial charge in [-0.1, -0.05) is 53.9 Å². The molecule has 0 aliphatic carbocycles. The number of hydrazine groups is 1. The molecule has 0 radical (unpaired) electrons. The molecule has 2 amide bonds. The Kier molecular flexibility index (Phi) is 6.38. The van der Waals surface area contributed by atoms with Crippen LogP contribution >= 0.6 is 23.5 Å². The summed E-state index contributed by atoms with van der Waals surface area (Å²) in [5.74, 6) is -0.385. The minimum Gasteiger partial charge on any atom is -0.272 e. The first-order chi connectivity index (χ1) is 15.1. The van der Waals surface area contributed by atoms with Gasteiger partial charge < -0.3 is 0 Å². The minimum absolute atomic E-state index is 0.0224. The predicted molar refractivity (Wildman–Crippen MR) is 123 cm³/mol. The van der Waals surface area contributed by atoms with E-state index in [-0.39, 0.29) is 28.9 Å². The summed E-state index contributed by atoms with van der Waals surface area (Å²) >= 11 is 2.42. The standard InChI is InChI=1S/C21H19N5O3S2/c1-2-22-20-26(18(28)13-31-20)24-17(27)12-30-21-23-16-11-7-6-10-15(16)19(29)25(21)14-8-4-3-5-9-14/h3-11H,2,12-13H2,1H3,(H,24,27). The third-order valence-corrected chi connectivity index (χ3v) is 6.29. The number of thioether (sulfide) groups is 2. The number of carbonyl (C=O) groups excluding carboxylic acids is 2. The molecule has 1 aromatic heterocycles. The molecule has 3 aromatic rings. The molecule has 10 heteroatoms. The minimum atomic E-state index is -0.383. The SMILES string of the molecule is CCN=C1SCC(=O)N1NC(=O)CSc1nc2ccccc2c(=O)n1-c1ccccc1. The van der Waals surface area contributed by atoms with Gasteiger partial charge in [-0.05, 0) is 31.2 Å². The van der Waals surface area contributed by atoms with Crippen molar-refractivity contribution in [1.82, 2.24) is 20.0 Å². The van der Waals surface area contributed by atoms with Crippen molar-refractivity contribution in [3.8, 4) is 5.69 Å². The van der Waals surface area contributed by atoms with Crippen LogP contribution in [0.5, 0.6) is 0 Å². The van der Waals surface area contributed by atoms with E-state index in [0.29, 0.717) is 33.5 Å². The topological polar surface area (TPSA) is 96.7 Å². The Morgan fingerprint density at radius 1 is 1.16 bits per heavy atom. The number of rotatable bonds is 6. The first kappa shape index (κ1) is 21.1. The first-order valence-electron chi connectivity index (χ1n) is 9.58. The van der Waals surface area contributed by atoms with Crippen LogP contribution in [-0.2, 0) is 9.59 Å². The highest BCUT2D eigenvalue weighted by Crippen LogP contribution is 2.22. The second kappa shape index (κ2) is 9.36. The number of aromatic nitrogens is 2. The van der Waals surface area contributed by atoms with Crippen molar-refractivity contribution < 1.29 is 9.59 Å². The summed E-state index contributed by atoms with van der Waals surface area (Å²) in [6, 6.07) is 16.3. The van der Waals surface area contributed by atoms with Gasteiger partial charge in [0.2, 0.25) is 5.91 Å². The Bertz CT molecular complexity index is 1230. The molecule has 0 atom stereocenters. The number of carbonyl (C=O) groups is 2. The van der Waals surface area contributed by atoms with Crippen molar-refractivity contribution in [2.24, 2.45) is 4.99 Å². The van der Waals surface area contributed by atoms with E-state index in [1.807, 2.05) is 43.3 Å². The monoisotopic (exact) mass is 453 g/mol. The molecule has 4 rings (SSSR count). The average Bonchev–Trinajstić information content (AvgIpc) is 3.12. The van der Waals surface area contributed by atoms with E-state index in [2.05, 4.69) is 15.4 Å². The summed E-state index contributed by atoms with van der Waals surface area (Å²) in [6.07, 6.45) is 0. The van der Waals surface area contributed by atoms with Gasteiger partial charge in [-0.3, -0.25) is 29.4 Å². The van der Waals surface area contributed by atoms with E-state index in [1.165, 1.54) is 21.3 Å². The largest absolute Gasteiger partial charge is 0.272 e.